The van der Waals surface area contributed by atoms with Crippen molar-refractivity contribution < 1.29 is 0 Å². The van der Waals surface area contributed by atoms with Crippen molar-refractivity contribution >= 4 is 15.9 Å². The maximum absolute atomic E-state index is 4.00. The SMILES string of the molecule is CCCn1nnc(Br)c1CC. The van der Waals surface area contributed by atoms with Gasteiger partial charge in [-0.25, -0.2) is 4.68 Å². The van der Waals surface area contributed by atoms with E-state index in [2.05, 4.69) is 40.1 Å². The summed E-state index contributed by atoms with van der Waals surface area (Å²) in [5.41, 5.74) is 1.19. The fourth-order valence-electron chi connectivity index (χ4n) is 1.03. The summed E-state index contributed by atoms with van der Waals surface area (Å²) in [5.74, 6) is 0. The van der Waals surface area contributed by atoms with Crippen LogP contribution in [0.25, 0.3) is 0 Å². The monoisotopic (exact) mass is 217 g/mol. The Morgan fingerprint density at radius 3 is 2.73 bits per heavy atom. The van der Waals surface area contributed by atoms with E-state index in [1.54, 1.807) is 0 Å². The van der Waals surface area contributed by atoms with Crippen LogP contribution in [0.15, 0.2) is 4.60 Å². The lowest BCUT2D eigenvalue weighted by Crippen LogP contribution is -2.03. The lowest BCUT2D eigenvalue weighted by Gasteiger charge is -2.00. The highest BCUT2D eigenvalue weighted by atomic mass is 79.9. The van der Waals surface area contributed by atoms with E-state index in [4.69, 9.17) is 0 Å². The second-order valence-corrected chi connectivity index (χ2v) is 3.15. The molecule has 4 heteroatoms. The molecule has 0 amide bonds. The first-order chi connectivity index (χ1) is 5.29. The van der Waals surface area contributed by atoms with E-state index in [-0.39, 0.29) is 0 Å². The number of rotatable bonds is 3. The van der Waals surface area contributed by atoms with E-state index in [0.29, 0.717) is 0 Å². The van der Waals surface area contributed by atoms with Gasteiger partial charge in [-0.1, -0.05) is 19.1 Å². The first-order valence-corrected chi connectivity index (χ1v) is 4.66. The van der Waals surface area contributed by atoms with Crippen molar-refractivity contribution in [1.82, 2.24) is 15.0 Å². The maximum atomic E-state index is 4.00. The van der Waals surface area contributed by atoms with Crippen molar-refractivity contribution in [1.29, 1.82) is 0 Å². The molecule has 0 N–H and O–H groups in total. The average molecular weight is 218 g/mol. The van der Waals surface area contributed by atoms with Gasteiger partial charge in [0.15, 0.2) is 4.60 Å². The summed E-state index contributed by atoms with van der Waals surface area (Å²) in [6.45, 7) is 5.20. The third-order valence-corrected chi connectivity index (χ3v) is 2.18. The van der Waals surface area contributed by atoms with E-state index >= 15 is 0 Å². The number of halogens is 1. The molecule has 0 atom stereocenters. The Kier molecular flexibility index (Phi) is 3.05. The molecular formula is C7H12BrN3. The van der Waals surface area contributed by atoms with Crippen molar-refractivity contribution in [3.05, 3.63) is 10.3 Å². The van der Waals surface area contributed by atoms with Gasteiger partial charge in [-0.15, -0.1) is 5.10 Å². The van der Waals surface area contributed by atoms with Crippen molar-refractivity contribution in [2.24, 2.45) is 0 Å². The molecule has 1 heterocycles. The van der Waals surface area contributed by atoms with Crippen LogP contribution in [0.5, 0.6) is 0 Å². The Morgan fingerprint density at radius 1 is 1.45 bits per heavy atom. The molecule has 1 aromatic rings. The Balaban J connectivity index is 2.86. The van der Waals surface area contributed by atoms with Crippen LogP contribution in [-0.4, -0.2) is 15.0 Å². The Bertz CT molecular complexity index is 232. The number of hydrogen-bond acceptors (Lipinski definition) is 2. The topological polar surface area (TPSA) is 30.7 Å². The first kappa shape index (κ1) is 8.71. The van der Waals surface area contributed by atoms with Crippen LogP contribution in [0, 0.1) is 0 Å². The van der Waals surface area contributed by atoms with Gasteiger partial charge in [-0.2, -0.15) is 0 Å². The normalized spacial score (nSPS) is 10.5. The minimum atomic E-state index is 0.883. The van der Waals surface area contributed by atoms with Gasteiger partial charge in [-0.05, 0) is 28.8 Å². The predicted molar refractivity (Wildman–Crippen MR) is 47.4 cm³/mol. The highest BCUT2D eigenvalue weighted by Crippen LogP contribution is 2.13. The number of nitrogens with zero attached hydrogens (tertiary/aromatic N) is 3. The van der Waals surface area contributed by atoms with Crippen molar-refractivity contribution in [3.63, 3.8) is 0 Å². The standard InChI is InChI=1S/C7H12BrN3/c1-3-5-11-6(4-2)7(8)9-10-11/h3-5H2,1-2H3. The van der Waals surface area contributed by atoms with Gasteiger partial charge < -0.3 is 0 Å². The highest BCUT2D eigenvalue weighted by Gasteiger charge is 2.06. The van der Waals surface area contributed by atoms with Crippen LogP contribution in [-0.2, 0) is 13.0 Å². The van der Waals surface area contributed by atoms with Crippen molar-refractivity contribution in [3.8, 4) is 0 Å². The maximum Gasteiger partial charge on any atom is 0.151 e. The second-order valence-electron chi connectivity index (χ2n) is 2.40. The fraction of sp³-hybridized carbons (Fsp3) is 0.714. The molecule has 62 valence electrons. The Morgan fingerprint density at radius 2 is 2.18 bits per heavy atom. The second kappa shape index (κ2) is 3.85. The van der Waals surface area contributed by atoms with E-state index in [9.17, 15) is 0 Å². The molecule has 0 unspecified atom stereocenters. The van der Waals surface area contributed by atoms with Gasteiger partial charge in [0.2, 0.25) is 0 Å². The lowest BCUT2D eigenvalue weighted by atomic mass is 10.3. The van der Waals surface area contributed by atoms with E-state index in [1.807, 2.05) is 4.68 Å². The van der Waals surface area contributed by atoms with E-state index in [0.717, 1.165) is 24.0 Å². The van der Waals surface area contributed by atoms with Gasteiger partial charge in [0.25, 0.3) is 0 Å². The molecule has 0 saturated heterocycles. The molecule has 0 saturated carbocycles. The summed E-state index contributed by atoms with van der Waals surface area (Å²) in [6.07, 6.45) is 2.08. The fourth-order valence-corrected chi connectivity index (χ4v) is 1.59. The molecule has 0 aliphatic carbocycles. The van der Waals surface area contributed by atoms with Gasteiger partial charge in [0, 0.05) is 6.54 Å². The number of hydrogen-bond donors (Lipinski definition) is 0. The summed E-state index contributed by atoms with van der Waals surface area (Å²) in [7, 11) is 0. The summed E-state index contributed by atoms with van der Waals surface area (Å²) < 4.78 is 2.83. The van der Waals surface area contributed by atoms with Crippen LogP contribution in [0.2, 0.25) is 0 Å². The minimum Gasteiger partial charge on any atom is -0.248 e. The average Bonchev–Trinajstić information content (AvgIpc) is 2.33. The zero-order valence-corrected chi connectivity index (χ0v) is 8.43. The van der Waals surface area contributed by atoms with E-state index in [1.165, 1.54) is 5.69 Å². The van der Waals surface area contributed by atoms with Gasteiger partial charge in [0.05, 0.1) is 5.69 Å². The van der Waals surface area contributed by atoms with Gasteiger partial charge in [-0.3, -0.25) is 0 Å². The summed E-state index contributed by atoms with van der Waals surface area (Å²) in [4.78, 5) is 0. The van der Waals surface area contributed by atoms with Crippen LogP contribution in [0.4, 0.5) is 0 Å². The Labute approximate surface area is 74.9 Å². The molecule has 0 bridgehead atoms. The smallest absolute Gasteiger partial charge is 0.151 e. The van der Waals surface area contributed by atoms with Gasteiger partial charge in [0.1, 0.15) is 0 Å². The third kappa shape index (κ3) is 1.80. The van der Waals surface area contributed by atoms with Crippen molar-refractivity contribution in [2.45, 2.75) is 33.2 Å². The van der Waals surface area contributed by atoms with Crippen LogP contribution in [0.3, 0.4) is 0 Å². The summed E-state index contributed by atoms with van der Waals surface area (Å²) >= 11 is 3.35. The molecule has 11 heavy (non-hydrogen) atoms. The molecule has 0 fully saturated rings. The zero-order valence-electron chi connectivity index (χ0n) is 6.84. The van der Waals surface area contributed by atoms with Crippen LogP contribution in [0.1, 0.15) is 26.0 Å². The van der Waals surface area contributed by atoms with Crippen molar-refractivity contribution in [2.75, 3.05) is 0 Å². The first-order valence-electron chi connectivity index (χ1n) is 3.87. The van der Waals surface area contributed by atoms with Crippen LogP contribution < -0.4 is 0 Å². The van der Waals surface area contributed by atoms with Crippen LogP contribution >= 0.6 is 15.9 Å². The molecule has 1 aromatic heterocycles. The molecule has 0 aliphatic heterocycles. The predicted octanol–water partition coefficient (Wildman–Crippen LogP) is 2.01. The number of aromatic nitrogens is 3. The Hall–Kier alpha value is -0.380. The summed E-state index contributed by atoms with van der Waals surface area (Å²) in [5, 5.41) is 7.93. The highest BCUT2D eigenvalue weighted by molar-refractivity contribution is 9.10. The lowest BCUT2D eigenvalue weighted by molar-refractivity contribution is 0.558. The summed E-state index contributed by atoms with van der Waals surface area (Å²) in [6, 6.07) is 0. The molecule has 0 aliphatic rings. The molecule has 0 radical (unpaired) electrons. The largest absolute Gasteiger partial charge is 0.248 e. The molecular weight excluding hydrogens is 206 g/mol. The van der Waals surface area contributed by atoms with E-state index < -0.39 is 0 Å². The molecule has 1 rings (SSSR count). The van der Waals surface area contributed by atoms with Gasteiger partial charge >= 0.3 is 0 Å². The quantitative estimate of drug-likeness (QED) is 0.776. The third-order valence-electron chi connectivity index (χ3n) is 1.56. The zero-order chi connectivity index (χ0) is 8.27. The molecule has 0 aromatic carbocycles. The number of aryl methyl sites for hydroxylation is 1. The minimum absolute atomic E-state index is 0.883. The molecule has 3 nitrogen and oxygen atoms in total. The molecule has 0 spiro atoms.